The summed E-state index contributed by atoms with van der Waals surface area (Å²) < 4.78 is 5.08. The van der Waals surface area contributed by atoms with Gasteiger partial charge >= 0.3 is 5.97 Å². The molecule has 1 atom stereocenters. The van der Waals surface area contributed by atoms with Crippen LogP contribution in [0.25, 0.3) is 0 Å². The summed E-state index contributed by atoms with van der Waals surface area (Å²) >= 11 is 3.03. The Morgan fingerprint density at radius 1 is 1.42 bits per heavy atom. The van der Waals surface area contributed by atoms with Gasteiger partial charge < -0.3 is 15.4 Å². The molecule has 144 valence electrons. The molecule has 0 saturated heterocycles. The van der Waals surface area contributed by atoms with E-state index in [0.717, 1.165) is 17.5 Å². The Morgan fingerprint density at radius 2 is 2.19 bits per heavy atom. The number of nitrogens with one attached hydrogen (secondary N) is 2. The Bertz CT molecular complexity index is 716. The summed E-state index contributed by atoms with van der Waals surface area (Å²) in [6, 6.07) is 2.00. The molecular formula is C17H25IN4O2S2. The van der Waals surface area contributed by atoms with Gasteiger partial charge in [0, 0.05) is 6.54 Å². The van der Waals surface area contributed by atoms with Crippen molar-refractivity contribution in [1.29, 1.82) is 0 Å². The molecule has 2 heterocycles. The molecule has 0 saturated carbocycles. The number of thiazole rings is 1. The van der Waals surface area contributed by atoms with Gasteiger partial charge in [0.25, 0.3) is 0 Å². The SMILES string of the molecule is CCNC(=NCc1ccsc1)NC(C)c1nc(C)c(C(=O)OCC)s1.I. The molecule has 6 nitrogen and oxygen atoms in total. The number of thiophene rings is 1. The van der Waals surface area contributed by atoms with Crippen molar-refractivity contribution in [3.63, 3.8) is 0 Å². The summed E-state index contributed by atoms with van der Waals surface area (Å²) in [7, 11) is 0. The van der Waals surface area contributed by atoms with E-state index in [0.29, 0.717) is 23.7 Å². The van der Waals surface area contributed by atoms with Crippen molar-refractivity contribution in [1.82, 2.24) is 15.6 Å². The number of ether oxygens (including phenoxy) is 1. The van der Waals surface area contributed by atoms with E-state index in [2.05, 4.69) is 32.1 Å². The molecule has 0 radical (unpaired) electrons. The van der Waals surface area contributed by atoms with Gasteiger partial charge in [0.1, 0.15) is 9.88 Å². The van der Waals surface area contributed by atoms with E-state index < -0.39 is 0 Å². The van der Waals surface area contributed by atoms with Crippen molar-refractivity contribution in [2.45, 2.75) is 40.3 Å². The third kappa shape index (κ3) is 6.51. The average Bonchev–Trinajstić information content (AvgIpc) is 3.22. The molecule has 1 unspecified atom stereocenters. The minimum absolute atomic E-state index is 0. The van der Waals surface area contributed by atoms with Crippen molar-refractivity contribution in [3.8, 4) is 0 Å². The monoisotopic (exact) mass is 508 g/mol. The fourth-order valence-electron chi connectivity index (χ4n) is 2.13. The maximum Gasteiger partial charge on any atom is 0.350 e. The van der Waals surface area contributed by atoms with Gasteiger partial charge in [-0.05, 0) is 50.1 Å². The maximum absolute atomic E-state index is 12.0. The zero-order valence-corrected chi connectivity index (χ0v) is 19.3. The van der Waals surface area contributed by atoms with Crippen LogP contribution in [0.2, 0.25) is 0 Å². The van der Waals surface area contributed by atoms with E-state index in [1.165, 1.54) is 16.9 Å². The van der Waals surface area contributed by atoms with Crippen LogP contribution in [0.3, 0.4) is 0 Å². The van der Waals surface area contributed by atoms with Crippen molar-refractivity contribution in [2.24, 2.45) is 4.99 Å². The van der Waals surface area contributed by atoms with Gasteiger partial charge in [-0.1, -0.05) is 0 Å². The van der Waals surface area contributed by atoms with Gasteiger partial charge in [0.2, 0.25) is 0 Å². The van der Waals surface area contributed by atoms with E-state index in [9.17, 15) is 4.79 Å². The van der Waals surface area contributed by atoms with Crippen LogP contribution >= 0.6 is 46.7 Å². The third-order valence-electron chi connectivity index (χ3n) is 3.34. The van der Waals surface area contributed by atoms with E-state index in [-0.39, 0.29) is 36.0 Å². The first-order valence-electron chi connectivity index (χ1n) is 8.25. The molecule has 26 heavy (non-hydrogen) atoms. The van der Waals surface area contributed by atoms with Gasteiger partial charge in [-0.2, -0.15) is 11.3 Å². The van der Waals surface area contributed by atoms with Crippen LogP contribution in [0, 0.1) is 6.92 Å². The fraction of sp³-hybridized carbons (Fsp3) is 0.471. The summed E-state index contributed by atoms with van der Waals surface area (Å²) in [4.78, 5) is 21.6. The van der Waals surface area contributed by atoms with Crippen LogP contribution in [-0.4, -0.2) is 30.1 Å². The summed E-state index contributed by atoms with van der Waals surface area (Å²) in [5, 5.41) is 11.6. The smallest absolute Gasteiger partial charge is 0.350 e. The second kappa shape index (κ2) is 11.5. The Hall–Kier alpha value is -1.20. The number of hydrogen-bond acceptors (Lipinski definition) is 6. The summed E-state index contributed by atoms with van der Waals surface area (Å²) in [6.45, 7) is 9.41. The van der Waals surface area contributed by atoms with Crippen LogP contribution < -0.4 is 10.6 Å². The maximum atomic E-state index is 12.0. The number of halogens is 1. The van der Waals surface area contributed by atoms with Crippen LogP contribution in [0.15, 0.2) is 21.8 Å². The van der Waals surface area contributed by atoms with Crippen LogP contribution in [0.1, 0.15) is 52.7 Å². The Kier molecular flexibility index (Phi) is 10.1. The lowest BCUT2D eigenvalue weighted by Crippen LogP contribution is -2.38. The standard InChI is InChI=1S/C17H24N4O2S2.HI/c1-5-18-17(19-9-13-7-8-24-10-13)21-12(4)15-20-11(3)14(25-15)16(22)23-6-2;/h7-8,10,12H,5-6,9H2,1-4H3,(H2,18,19,21);1H. The van der Waals surface area contributed by atoms with Crippen molar-refractivity contribution in [2.75, 3.05) is 13.2 Å². The first-order chi connectivity index (χ1) is 12.0. The van der Waals surface area contributed by atoms with E-state index in [1.54, 1.807) is 18.3 Å². The molecular weight excluding hydrogens is 483 g/mol. The first kappa shape index (κ1) is 22.8. The van der Waals surface area contributed by atoms with Crippen molar-refractivity contribution < 1.29 is 9.53 Å². The highest BCUT2D eigenvalue weighted by molar-refractivity contribution is 14.0. The summed E-state index contributed by atoms with van der Waals surface area (Å²) in [5.74, 6) is 0.417. The molecule has 0 aromatic carbocycles. The molecule has 2 aromatic heterocycles. The first-order valence-corrected chi connectivity index (χ1v) is 10.0. The molecule has 0 fully saturated rings. The van der Waals surface area contributed by atoms with Gasteiger partial charge in [-0.3, -0.25) is 0 Å². The lowest BCUT2D eigenvalue weighted by molar-refractivity contribution is 0.0531. The normalized spacial score (nSPS) is 12.2. The molecule has 0 amide bonds. The van der Waals surface area contributed by atoms with Crippen LogP contribution in [0.5, 0.6) is 0 Å². The number of rotatable bonds is 7. The minimum Gasteiger partial charge on any atom is -0.462 e. The lowest BCUT2D eigenvalue weighted by Gasteiger charge is -2.15. The number of nitrogens with zero attached hydrogens (tertiary/aromatic N) is 2. The molecule has 2 rings (SSSR count). The Balaban J connectivity index is 0.00000338. The Morgan fingerprint density at radius 3 is 2.81 bits per heavy atom. The van der Waals surface area contributed by atoms with Gasteiger partial charge in [0.15, 0.2) is 5.96 Å². The van der Waals surface area contributed by atoms with E-state index in [1.807, 2.05) is 26.2 Å². The molecule has 0 aliphatic heterocycles. The number of carbonyl (C=O) groups is 1. The molecule has 0 spiro atoms. The second-order valence-electron chi connectivity index (χ2n) is 5.38. The topological polar surface area (TPSA) is 75.6 Å². The number of carbonyl (C=O) groups excluding carboxylic acids is 1. The molecule has 9 heteroatoms. The van der Waals surface area contributed by atoms with Crippen molar-refractivity contribution in [3.05, 3.63) is 38.0 Å². The third-order valence-corrected chi connectivity index (χ3v) is 5.39. The number of aryl methyl sites for hydroxylation is 1. The van der Waals surface area contributed by atoms with E-state index in [4.69, 9.17) is 4.74 Å². The summed E-state index contributed by atoms with van der Waals surface area (Å²) in [5.41, 5.74) is 1.89. The summed E-state index contributed by atoms with van der Waals surface area (Å²) in [6.07, 6.45) is 0. The van der Waals surface area contributed by atoms with E-state index >= 15 is 0 Å². The molecule has 2 N–H and O–H groups in total. The predicted molar refractivity (Wildman–Crippen MR) is 119 cm³/mol. The molecule has 0 aliphatic carbocycles. The number of aliphatic imine (C=N–C) groups is 1. The number of guanidine groups is 1. The number of hydrogen-bond donors (Lipinski definition) is 2. The highest BCUT2D eigenvalue weighted by atomic mass is 127. The van der Waals surface area contributed by atoms with Gasteiger partial charge in [-0.25, -0.2) is 14.8 Å². The molecule has 0 aliphatic rings. The quantitative estimate of drug-likeness (QED) is 0.255. The molecule has 0 bridgehead atoms. The van der Waals surface area contributed by atoms with Crippen LogP contribution in [-0.2, 0) is 11.3 Å². The number of esters is 1. The van der Waals surface area contributed by atoms with Gasteiger partial charge in [-0.15, -0.1) is 35.3 Å². The average molecular weight is 508 g/mol. The lowest BCUT2D eigenvalue weighted by atomic mass is 10.3. The predicted octanol–water partition coefficient (Wildman–Crippen LogP) is 4.12. The minimum atomic E-state index is -0.311. The zero-order chi connectivity index (χ0) is 18.2. The fourth-order valence-corrected chi connectivity index (χ4v) is 3.75. The largest absolute Gasteiger partial charge is 0.462 e. The Labute approximate surface area is 179 Å². The highest BCUT2D eigenvalue weighted by Gasteiger charge is 2.20. The van der Waals surface area contributed by atoms with Crippen LogP contribution in [0.4, 0.5) is 0 Å². The second-order valence-corrected chi connectivity index (χ2v) is 7.19. The van der Waals surface area contributed by atoms with Crippen molar-refractivity contribution >= 4 is 58.6 Å². The zero-order valence-electron chi connectivity index (χ0n) is 15.4. The van der Waals surface area contributed by atoms with Gasteiger partial charge in [0.05, 0.1) is 24.9 Å². The highest BCUT2D eigenvalue weighted by Crippen LogP contribution is 2.24. The number of aromatic nitrogens is 1. The molecule has 2 aromatic rings.